The summed E-state index contributed by atoms with van der Waals surface area (Å²) in [5.41, 5.74) is 3.08. The molecule has 2 heterocycles. The first kappa shape index (κ1) is 11.3. The molecule has 0 amide bonds. The Balaban J connectivity index is 2.07. The van der Waals surface area contributed by atoms with Crippen molar-refractivity contribution in [2.75, 3.05) is 0 Å². The van der Waals surface area contributed by atoms with Crippen molar-refractivity contribution in [1.29, 1.82) is 0 Å². The highest BCUT2D eigenvalue weighted by atomic mass is 35.5. The fourth-order valence-corrected chi connectivity index (χ4v) is 2.39. The molecule has 0 saturated carbocycles. The first-order chi connectivity index (χ1) is 8.66. The summed E-state index contributed by atoms with van der Waals surface area (Å²) in [5.74, 6) is 0. The third-order valence-corrected chi connectivity index (χ3v) is 3.60. The Morgan fingerprint density at radius 1 is 1.28 bits per heavy atom. The normalized spacial score (nSPS) is 11.3. The monoisotopic (exact) mass is 260 g/mol. The van der Waals surface area contributed by atoms with Gasteiger partial charge in [0.05, 0.1) is 24.0 Å². The maximum absolute atomic E-state index is 6.24. The zero-order valence-electron chi connectivity index (χ0n) is 10.3. The molecule has 3 aromatic rings. The first-order valence-corrected chi connectivity index (χ1v) is 6.13. The Hall–Kier alpha value is -1.81. The molecule has 4 nitrogen and oxygen atoms in total. The van der Waals surface area contributed by atoms with Crippen LogP contribution in [0.4, 0.5) is 0 Å². The molecule has 0 atom stereocenters. The standard InChI is InChI=1S/C13H13ClN4/c1-9-11(13(14)17(2)16-9)8-18-12-6-4-3-5-10(12)7-15-18/h3-7H,8H2,1-2H3. The number of aromatic nitrogens is 4. The molecule has 92 valence electrons. The van der Waals surface area contributed by atoms with Crippen molar-refractivity contribution >= 4 is 22.5 Å². The molecule has 3 rings (SSSR count). The molecular weight excluding hydrogens is 248 g/mol. The van der Waals surface area contributed by atoms with Crippen LogP contribution in [0.3, 0.4) is 0 Å². The van der Waals surface area contributed by atoms with Gasteiger partial charge in [-0.3, -0.25) is 9.36 Å². The van der Waals surface area contributed by atoms with Gasteiger partial charge in [0.25, 0.3) is 0 Å². The molecular formula is C13H13ClN4. The van der Waals surface area contributed by atoms with Crippen LogP contribution in [0, 0.1) is 6.92 Å². The van der Waals surface area contributed by atoms with Gasteiger partial charge in [-0.15, -0.1) is 0 Å². The predicted molar refractivity (Wildman–Crippen MR) is 71.8 cm³/mol. The summed E-state index contributed by atoms with van der Waals surface area (Å²) in [4.78, 5) is 0. The lowest BCUT2D eigenvalue weighted by Crippen LogP contribution is -2.02. The Labute approximate surface area is 110 Å². The van der Waals surface area contributed by atoms with E-state index in [4.69, 9.17) is 11.6 Å². The molecule has 0 spiro atoms. The van der Waals surface area contributed by atoms with Crippen LogP contribution in [0.2, 0.25) is 5.15 Å². The zero-order chi connectivity index (χ0) is 12.7. The van der Waals surface area contributed by atoms with Crippen molar-refractivity contribution in [3.05, 3.63) is 46.9 Å². The maximum Gasteiger partial charge on any atom is 0.132 e. The lowest BCUT2D eigenvalue weighted by atomic mass is 10.2. The highest BCUT2D eigenvalue weighted by Crippen LogP contribution is 2.21. The van der Waals surface area contributed by atoms with Gasteiger partial charge < -0.3 is 0 Å². The first-order valence-electron chi connectivity index (χ1n) is 5.75. The molecule has 0 fully saturated rings. The number of rotatable bonds is 2. The predicted octanol–water partition coefficient (Wildman–Crippen LogP) is 2.78. The fourth-order valence-electron chi connectivity index (χ4n) is 2.16. The minimum absolute atomic E-state index is 0.645. The van der Waals surface area contributed by atoms with Crippen LogP contribution in [0.5, 0.6) is 0 Å². The number of halogens is 1. The summed E-state index contributed by atoms with van der Waals surface area (Å²) in [6, 6.07) is 8.13. The third kappa shape index (κ3) is 1.69. The number of aryl methyl sites for hydroxylation is 2. The van der Waals surface area contributed by atoms with E-state index in [9.17, 15) is 0 Å². The van der Waals surface area contributed by atoms with Crippen LogP contribution in [0.25, 0.3) is 10.9 Å². The van der Waals surface area contributed by atoms with E-state index in [0.717, 1.165) is 22.2 Å². The maximum atomic E-state index is 6.24. The number of benzene rings is 1. The van der Waals surface area contributed by atoms with E-state index in [-0.39, 0.29) is 0 Å². The van der Waals surface area contributed by atoms with Crippen molar-refractivity contribution in [3.63, 3.8) is 0 Å². The van der Waals surface area contributed by atoms with E-state index in [1.54, 1.807) is 4.68 Å². The fraction of sp³-hybridized carbons (Fsp3) is 0.231. The molecule has 0 aliphatic heterocycles. The quantitative estimate of drug-likeness (QED) is 0.710. The Morgan fingerprint density at radius 2 is 2.06 bits per heavy atom. The third-order valence-electron chi connectivity index (χ3n) is 3.13. The summed E-state index contributed by atoms with van der Waals surface area (Å²) in [6.07, 6.45) is 1.87. The van der Waals surface area contributed by atoms with E-state index in [2.05, 4.69) is 22.3 Å². The zero-order valence-corrected chi connectivity index (χ0v) is 11.0. The van der Waals surface area contributed by atoms with Gasteiger partial charge >= 0.3 is 0 Å². The van der Waals surface area contributed by atoms with Gasteiger partial charge in [0.2, 0.25) is 0 Å². The van der Waals surface area contributed by atoms with Crippen molar-refractivity contribution in [3.8, 4) is 0 Å². The van der Waals surface area contributed by atoms with Gasteiger partial charge in [-0.25, -0.2) is 0 Å². The van der Waals surface area contributed by atoms with Crippen LogP contribution in [0.15, 0.2) is 30.5 Å². The summed E-state index contributed by atoms with van der Waals surface area (Å²) >= 11 is 6.24. The lowest BCUT2D eigenvalue weighted by Gasteiger charge is -2.03. The van der Waals surface area contributed by atoms with E-state index in [0.29, 0.717) is 11.7 Å². The second kappa shape index (κ2) is 4.14. The SMILES string of the molecule is Cc1nn(C)c(Cl)c1Cn1ncc2ccccc21. The van der Waals surface area contributed by atoms with Crippen molar-refractivity contribution in [2.24, 2.45) is 7.05 Å². The summed E-state index contributed by atoms with van der Waals surface area (Å²) < 4.78 is 3.64. The van der Waals surface area contributed by atoms with Crippen LogP contribution >= 0.6 is 11.6 Å². The lowest BCUT2D eigenvalue weighted by molar-refractivity contribution is 0.708. The topological polar surface area (TPSA) is 35.6 Å². The minimum Gasteiger partial charge on any atom is -0.260 e. The molecule has 18 heavy (non-hydrogen) atoms. The second-order valence-electron chi connectivity index (χ2n) is 4.34. The van der Waals surface area contributed by atoms with Gasteiger partial charge in [-0.1, -0.05) is 29.8 Å². The minimum atomic E-state index is 0.645. The molecule has 0 radical (unpaired) electrons. The summed E-state index contributed by atoms with van der Waals surface area (Å²) in [7, 11) is 1.85. The summed E-state index contributed by atoms with van der Waals surface area (Å²) in [5, 5.41) is 10.5. The number of fused-ring (bicyclic) bond motifs is 1. The molecule has 5 heteroatoms. The molecule has 2 aromatic heterocycles. The van der Waals surface area contributed by atoms with Gasteiger partial charge in [0.15, 0.2) is 0 Å². The van der Waals surface area contributed by atoms with Crippen molar-refractivity contribution < 1.29 is 0 Å². The number of para-hydroxylation sites is 1. The average Bonchev–Trinajstić information content (AvgIpc) is 2.87. The number of nitrogens with zero attached hydrogens (tertiary/aromatic N) is 4. The van der Waals surface area contributed by atoms with Gasteiger partial charge in [0.1, 0.15) is 5.15 Å². The highest BCUT2D eigenvalue weighted by Gasteiger charge is 2.13. The molecule has 0 bridgehead atoms. The Kier molecular flexibility index (Phi) is 2.59. The molecule has 0 unspecified atom stereocenters. The van der Waals surface area contributed by atoms with E-state index in [1.807, 2.05) is 37.0 Å². The highest BCUT2D eigenvalue weighted by molar-refractivity contribution is 6.30. The Bertz CT molecular complexity index is 711. The molecule has 0 aliphatic rings. The summed E-state index contributed by atoms with van der Waals surface area (Å²) in [6.45, 7) is 2.61. The van der Waals surface area contributed by atoms with Crippen LogP contribution in [0.1, 0.15) is 11.3 Å². The Morgan fingerprint density at radius 3 is 2.78 bits per heavy atom. The molecule has 0 aliphatic carbocycles. The van der Waals surface area contributed by atoms with Crippen molar-refractivity contribution in [2.45, 2.75) is 13.5 Å². The van der Waals surface area contributed by atoms with Gasteiger partial charge in [-0.2, -0.15) is 10.2 Å². The van der Waals surface area contributed by atoms with Crippen LogP contribution < -0.4 is 0 Å². The molecule has 0 N–H and O–H groups in total. The van der Waals surface area contributed by atoms with E-state index < -0.39 is 0 Å². The van der Waals surface area contributed by atoms with E-state index >= 15 is 0 Å². The van der Waals surface area contributed by atoms with E-state index in [1.165, 1.54) is 0 Å². The van der Waals surface area contributed by atoms with Crippen LogP contribution in [-0.4, -0.2) is 19.6 Å². The largest absolute Gasteiger partial charge is 0.260 e. The average molecular weight is 261 g/mol. The number of hydrogen-bond acceptors (Lipinski definition) is 2. The van der Waals surface area contributed by atoms with Crippen molar-refractivity contribution in [1.82, 2.24) is 19.6 Å². The number of hydrogen-bond donors (Lipinski definition) is 0. The molecule has 1 aromatic carbocycles. The van der Waals surface area contributed by atoms with Gasteiger partial charge in [-0.05, 0) is 13.0 Å². The smallest absolute Gasteiger partial charge is 0.132 e. The van der Waals surface area contributed by atoms with Crippen LogP contribution in [-0.2, 0) is 13.6 Å². The second-order valence-corrected chi connectivity index (χ2v) is 4.70. The van der Waals surface area contributed by atoms with Gasteiger partial charge in [0, 0.05) is 18.0 Å². The molecule has 0 saturated heterocycles.